The van der Waals surface area contributed by atoms with Crippen molar-refractivity contribution in [2.45, 2.75) is 45.4 Å². The van der Waals surface area contributed by atoms with Gasteiger partial charge in [-0.2, -0.15) is 0 Å². The number of hydrogen-bond acceptors (Lipinski definition) is 3. The van der Waals surface area contributed by atoms with E-state index >= 15 is 0 Å². The Hall–Kier alpha value is -0.120. The van der Waals surface area contributed by atoms with E-state index in [4.69, 9.17) is 0 Å². The molecule has 0 atom stereocenters. The molecule has 0 aromatic carbocycles. The molecule has 2 aliphatic rings. The molecular formula is C16H33N3. The van der Waals surface area contributed by atoms with Gasteiger partial charge in [0, 0.05) is 32.7 Å². The predicted molar refractivity (Wildman–Crippen MR) is 82.6 cm³/mol. The first-order valence-corrected chi connectivity index (χ1v) is 8.54. The van der Waals surface area contributed by atoms with Crippen LogP contribution in [-0.2, 0) is 0 Å². The maximum Gasteiger partial charge on any atom is 0.0110 e. The van der Waals surface area contributed by atoms with E-state index in [1.807, 2.05) is 0 Å². The molecule has 0 amide bonds. The summed E-state index contributed by atoms with van der Waals surface area (Å²) in [6, 6.07) is 0. The summed E-state index contributed by atoms with van der Waals surface area (Å²) in [5, 5.41) is 3.40. The van der Waals surface area contributed by atoms with Crippen LogP contribution in [0.15, 0.2) is 0 Å². The molecule has 3 nitrogen and oxygen atoms in total. The Morgan fingerprint density at radius 3 is 2.26 bits per heavy atom. The molecule has 1 aliphatic heterocycles. The first-order valence-electron chi connectivity index (χ1n) is 8.54. The van der Waals surface area contributed by atoms with Gasteiger partial charge in [-0.05, 0) is 51.2 Å². The number of hydrogen-bond donors (Lipinski definition) is 1. The summed E-state index contributed by atoms with van der Waals surface area (Å²) >= 11 is 0. The molecule has 0 aromatic heterocycles. The van der Waals surface area contributed by atoms with Gasteiger partial charge in [-0.25, -0.2) is 0 Å². The van der Waals surface area contributed by atoms with Gasteiger partial charge in [-0.15, -0.1) is 0 Å². The maximum atomic E-state index is 3.40. The fourth-order valence-electron chi connectivity index (χ4n) is 2.98. The van der Waals surface area contributed by atoms with Gasteiger partial charge >= 0.3 is 0 Å². The summed E-state index contributed by atoms with van der Waals surface area (Å²) in [4.78, 5) is 5.36. The topological polar surface area (TPSA) is 18.5 Å². The first-order chi connectivity index (χ1) is 9.38. The van der Waals surface area contributed by atoms with Crippen LogP contribution in [0.1, 0.15) is 45.4 Å². The quantitative estimate of drug-likeness (QED) is 0.612. The maximum absolute atomic E-state index is 3.40. The molecule has 1 heterocycles. The minimum atomic E-state index is 1.06. The number of nitrogens with one attached hydrogen (secondary N) is 1. The van der Waals surface area contributed by atoms with Crippen molar-refractivity contribution in [1.82, 2.24) is 15.1 Å². The lowest BCUT2D eigenvalue weighted by Gasteiger charge is -2.34. The second-order valence-electron chi connectivity index (χ2n) is 6.35. The van der Waals surface area contributed by atoms with Crippen molar-refractivity contribution >= 4 is 0 Å². The molecule has 0 aromatic rings. The Bertz CT molecular complexity index is 220. The molecule has 1 saturated carbocycles. The van der Waals surface area contributed by atoms with Gasteiger partial charge in [0.05, 0.1) is 0 Å². The molecule has 19 heavy (non-hydrogen) atoms. The van der Waals surface area contributed by atoms with Crippen molar-refractivity contribution in [2.24, 2.45) is 5.92 Å². The third-order valence-electron chi connectivity index (χ3n) is 4.51. The van der Waals surface area contributed by atoms with Crippen LogP contribution in [0.4, 0.5) is 0 Å². The monoisotopic (exact) mass is 267 g/mol. The van der Waals surface area contributed by atoms with Crippen LogP contribution in [0, 0.1) is 5.92 Å². The summed E-state index contributed by atoms with van der Waals surface area (Å²) in [6.45, 7) is 12.5. The van der Waals surface area contributed by atoms with Gasteiger partial charge in [0.2, 0.25) is 0 Å². The molecule has 2 fully saturated rings. The zero-order chi connectivity index (χ0) is 13.3. The first kappa shape index (κ1) is 15.3. The molecule has 2 rings (SSSR count). The lowest BCUT2D eigenvalue weighted by Crippen LogP contribution is -2.47. The highest BCUT2D eigenvalue weighted by atomic mass is 15.3. The fourth-order valence-corrected chi connectivity index (χ4v) is 2.98. The minimum Gasteiger partial charge on any atom is -0.317 e. The Kier molecular flexibility index (Phi) is 7.18. The Morgan fingerprint density at radius 2 is 1.58 bits per heavy atom. The number of nitrogens with zero attached hydrogens (tertiary/aromatic N) is 2. The smallest absolute Gasteiger partial charge is 0.0110 e. The summed E-state index contributed by atoms with van der Waals surface area (Å²) in [7, 11) is 0. The Balaban J connectivity index is 1.40. The third kappa shape index (κ3) is 6.73. The highest BCUT2D eigenvalue weighted by Gasteiger charge is 2.26. The van der Waals surface area contributed by atoms with Crippen molar-refractivity contribution in [2.75, 3.05) is 52.4 Å². The van der Waals surface area contributed by atoms with E-state index in [1.54, 1.807) is 0 Å². The van der Waals surface area contributed by atoms with Crippen molar-refractivity contribution < 1.29 is 0 Å². The van der Waals surface area contributed by atoms with Crippen LogP contribution in [-0.4, -0.2) is 62.2 Å². The zero-order valence-electron chi connectivity index (χ0n) is 12.9. The van der Waals surface area contributed by atoms with Crippen LogP contribution in [0.3, 0.4) is 0 Å². The normalized spacial score (nSPS) is 21.9. The lowest BCUT2D eigenvalue weighted by molar-refractivity contribution is 0.127. The second kappa shape index (κ2) is 8.93. The average molecular weight is 267 g/mol. The third-order valence-corrected chi connectivity index (χ3v) is 4.51. The van der Waals surface area contributed by atoms with E-state index < -0.39 is 0 Å². The molecule has 0 unspecified atom stereocenters. The van der Waals surface area contributed by atoms with E-state index in [2.05, 4.69) is 22.0 Å². The number of unbranched alkanes of at least 4 members (excludes halogenated alkanes) is 3. The van der Waals surface area contributed by atoms with Crippen LogP contribution < -0.4 is 5.32 Å². The highest BCUT2D eigenvalue weighted by Crippen LogP contribution is 2.29. The Labute approximate surface area is 119 Å². The number of piperazine rings is 1. The molecule has 1 saturated heterocycles. The van der Waals surface area contributed by atoms with E-state index in [0.29, 0.717) is 0 Å². The van der Waals surface area contributed by atoms with Crippen molar-refractivity contribution in [1.29, 1.82) is 0 Å². The van der Waals surface area contributed by atoms with Crippen molar-refractivity contribution in [3.63, 3.8) is 0 Å². The van der Waals surface area contributed by atoms with Gasteiger partial charge in [-0.3, -0.25) is 0 Å². The van der Waals surface area contributed by atoms with Gasteiger partial charge < -0.3 is 15.1 Å². The van der Waals surface area contributed by atoms with Crippen LogP contribution >= 0.6 is 0 Å². The lowest BCUT2D eigenvalue weighted by atomic mass is 10.1. The summed E-state index contributed by atoms with van der Waals surface area (Å²) in [6.07, 6.45) is 8.54. The molecule has 1 aliphatic carbocycles. The standard InChI is InChI=1S/C16H33N3/c1-2-17-9-5-3-4-6-10-18-11-13-19(14-12-18)15-16-7-8-16/h16-17H,2-15H2,1H3. The second-order valence-corrected chi connectivity index (χ2v) is 6.35. The SMILES string of the molecule is CCNCCCCCCN1CCN(CC2CC2)CC1. The molecule has 1 N–H and O–H groups in total. The number of rotatable bonds is 10. The summed E-state index contributed by atoms with van der Waals surface area (Å²) < 4.78 is 0. The van der Waals surface area contributed by atoms with Gasteiger partial charge in [0.25, 0.3) is 0 Å². The van der Waals surface area contributed by atoms with Gasteiger partial charge in [-0.1, -0.05) is 19.8 Å². The van der Waals surface area contributed by atoms with E-state index in [0.717, 1.165) is 12.5 Å². The van der Waals surface area contributed by atoms with E-state index in [1.165, 1.54) is 84.3 Å². The van der Waals surface area contributed by atoms with Crippen LogP contribution in [0.5, 0.6) is 0 Å². The largest absolute Gasteiger partial charge is 0.317 e. The van der Waals surface area contributed by atoms with E-state index in [-0.39, 0.29) is 0 Å². The van der Waals surface area contributed by atoms with Crippen LogP contribution in [0.2, 0.25) is 0 Å². The van der Waals surface area contributed by atoms with Crippen molar-refractivity contribution in [3.05, 3.63) is 0 Å². The van der Waals surface area contributed by atoms with Gasteiger partial charge in [0.15, 0.2) is 0 Å². The molecule has 0 bridgehead atoms. The van der Waals surface area contributed by atoms with Crippen LogP contribution in [0.25, 0.3) is 0 Å². The zero-order valence-corrected chi connectivity index (χ0v) is 12.9. The molecule has 112 valence electrons. The molecule has 3 heteroatoms. The summed E-state index contributed by atoms with van der Waals surface area (Å²) in [5.74, 6) is 1.06. The van der Waals surface area contributed by atoms with Crippen molar-refractivity contribution in [3.8, 4) is 0 Å². The fraction of sp³-hybridized carbons (Fsp3) is 1.00. The Morgan fingerprint density at radius 1 is 0.895 bits per heavy atom. The summed E-state index contributed by atoms with van der Waals surface area (Å²) in [5.41, 5.74) is 0. The minimum absolute atomic E-state index is 1.06. The van der Waals surface area contributed by atoms with Gasteiger partial charge in [0.1, 0.15) is 0 Å². The molecule has 0 spiro atoms. The molecular weight excluding hydrogens is 234 g/mol. The average Bonchev–Trinajstić information content (AvgIpc) is 3.24. The molecule has 0 radical (unpaired) electrons. The van der Waals surface area contributed by atoms with E-state index in [9.17, 15) is 0 Å². The predicted octanol–water partition coefficient (Wildman–Crippen LogP) is 2.18. The highest BCUT2D eigenvalue weighted by molar-refractivity contribution is 4.80.